The van der Waals surface area contributed by atoms with Gasteiger partial charge in [0.15, 0.2) is 0 Å². The third-order valence-electron chi connectivity index (χ3n) is 2.87. The van der Waals surface area contributed by atoms with Crippen LogP contribution in [0.2, 0.25) is 0 Å². The summed E-state index contributed by atoms with van der Waals surface area (Å²) in [5.74, 6) is 0.415. The van der Waals surface area contributed by atoms with Crippen LogP contribution in [0.5, 0.6) is 0 Å². The van der Waals surface area contributed by atoms with Crippen molar-refractivity contribution in [2.45, 2.75) is 33.6 Å². The molecular formula is C15H22O2. The molecule has 0 heterocycles. The maximum Gasteiger partial charge on any atom is 0.308 e. The SMILES string of the molecule is CCOC(=O)[C@@H](C)C[C@@H](C)Cc1ccccc1. The fourth-order valence-electron chi connectivity index (χ4n) is 2.08. The first-order valence-corrected chi connectivity index (χ1v) is 6.34. The van der Waals surface area contributed by atoms with E-state index in [1.807, 2.05) is 19.9 Å². The molecule has 2 heteroatoms. The Morgan fingerprint density at radius 1 is 1.24 bits per heavy atom. The van der Waals surface area contributed by atoms with Crippen LogP contribution in [0.1, 0.15) is 32.8 Å². The van der Waals surface area contributed by atoms with E-state index in [9.17, 15) is 4.79 Å². The number of hydrogen-bond acceptors (Lipinski definition) is 2. The molecule has 2 nitrogen and oxygen atoms in total. The minimum Gasteiger partial charge on any atom is -0.466 e. The first kappa shape index (κ1) is 13.8. The first-order chi connectivity index (χ1) is 8.13. The molecule has 94 valence electrons. The highest BCUT2D eigenvalue weighted by atomic mass is 16.5. The second-order valence-electron chi connectivity index (χ2n) is 4.68. The molecular weight excluding hydrogens is 212 g/mol. The second-order valence-corrected chi connectivity index (χ2v) is 4.68. The van der Waals surface area contributed by atoms with Gasteiger partial charge >= 0.3 is 5.97 Å². The highest BCUT2D eigenvalue weighted by molar-refractivity contribution is 5.71. The van der Waals surface area contributed by atoms with Gasteiger partial charge in [0.2, 0.25) is 0 Å². The van der Waals surface area contributed by atoms with Crippen molar-refractivity contribution in [3.63, 3.8) is 0 Å². The van der Waals surface area contributed by atoms with Crippen molar-refractivity contribution in [3.05, 3.63) is 35.9 Å². The van der Waals surface area contributed by atoms with Crippen molar-refractivity contribution >= 4 is 5.97 Å². The zero-order valence-electron chi connectivity index (χ0n) is 11.0. The Morgan fingerprint density at radius 3 is 2.47 bits per heavy atom. The summed E-state index contributed by atoms with van der Waals surface area (Å²) in [4.78, 5) is 11.5. The van der Waals surface area contributed by atoms with Crippen LogP contribution in [0.25, 0.3) is 0 Å². The number of carbonyl (C=O) groups is 1. The zero-order valence-corrected chi connectivity index (χ0v) is 11.0. The van der Waals surface area contributed by atoms with Gasteiger partial charge in [-0.25, -0.2) is 0 Å². The molecule has 0 unspecified atom stereocenters. The van der Waals surface area contributed by atoms with E-state index in [2.05, 4.69) is 31.2 Å². The summed E-state index contributed by atoms with van der Waals surface area (Å²) in [6.45, 7) is 6.44. The molecule has 0 saturated heterocycles. The molecule has 17 heavy (non-hydrogen) atoms. The minimum atomic E-state index is -0.0765. The third kappa shape index (κ3) is 5.03. The number of ether oxygens (including phenoxy) is 1. The largest absolute Gasteiger partial charge is 0.466 e. The molecule has 0 fully saturated rings. The average molecular weight is 234 g/mol. The lowest BCUT2D eigenvalue weighted by Gasteiger charge is -2.16. The predicted molar refractivity (Wildman–Crippen MR) is 69.7 cm³/mol. The highest BCUT2D eigenvalue weighted by Gasteiger charge is 2.17. The topological polar surface area (TPSA) is 26.3 Å². The van der Waals surface area contributed by atoms with E-state index < -0.39 is 0 Å². The van der Waals surface area contributed by atoms with Gasteiger partial charge in [-0.1, -0.05) is 44.2 Å². The van der Waals surface area contributed by atoms with Crippen molar-refractivity contribution < 1.29 is 9.53 Å². The van der Waals surface area contributed by atoms with E-state index in [4.69, 9.17) is 4.74 Å². The lowest BCUT2D eigenvalue weighted by molar-refractivity contribution is -0.147. The second kappa shape index (κ2) is 7.10. The zero-order chi connectivity index (χ0) is 12.7. The Morgan fingerprint density at radius 2 is 1.88 bits per heavy atom. The number of benzene rings is 1. The van der Waals surface area contributed by atoms with Gasteiger partial charge in [-0.15, -0.1) is 0 Å². The van der Waals surface area contributed by atoms with Crippen molar-refractivity contribution in [1.82, 2.24) is 0 Å². The van der Waals surface area contributed by atoms with Crippen LogP contribution in [-0.4, -0.2) is 12.6 Å². The molecule has 0 aromatic heterocycles. The quantitative estimate of drug-likeness (QED) is 0.705. The van der Waals surface area contributed by atoms with E-state index in [1.54, 1.807) is 0 Å². The van der Waals surface area contributed by atoms with E-state index in [0.717, 1.165) is 12.8 Å². The van der Waals surface area contributed by atoms with Crippen LogP contribution in [0.15, 0.2) is 30.3 Å². The van der Waals surface area contributed by atoms with Crippen LogP contribution >= 0.6 is 0 Å². The molecule has 1 rings (SSSR count). The summed E-state index contributed by atoms with van der Waals surface area (Å²) in [5.41, 5.74) is 1.33. The minimum absolute atomic E-state index is 0.00587. The van der Waals surface area contributed by atoms with Crippen molar-refractivity contribution in [2.24, 2.45) is 11.8 Å². The van der Waals surface area contributed by atoms with Crippen LogP contribution < -0.4 is 0 Å². The monoisotopic (exact) mass is 234 g/mol. The Kier molecular flexibility index (Phi) is 5.75. The molecule has 2 atom stereocenters. The smallest absolute Gasteiger partial charge is 0.308 e. The Labute approximate surface area is 104 Å². The van der Waals surface area contributed by atoms with E-state index in [-0.39, 0.29) is 11.9 Å². The Balaban J connectivity index is 2.39. The molecule has 0 aliphatic heterocycles. The molecule has 0 radical (unpaired) electrons. The van der Waals surface area contributed by atoms with Crippen molar-refractivity contribution in [1.29, 1.82) is 0 Å². The fourth-order valence-corrected chi connectivity index (χ4v) is 2.08. The molecule has 0 amide bonds. The van der Waals surface area contributed by atoms with Crippen LogP contribution in [-0.2, 0) is 16.0 Å². The number of rotatable bonds is 6. The van der Waals surface area contributed by atoms with Gasteiger partial charge < -0.3 is 4.74 Å². The van der Waals surface area contributed by atoms with Gasteiger partial charge in [0.25, 0.3) is 0 Å². The normalized spacial score (nSPS) is 14.1. The molecule has 0 bridgehead atoms. The Hall–Kier alpha value is -1.31. The standard InChI is InChI=1S/C15H22O2/c1-4-17-15(16)13(3)10-12(2)11-14-8-6-5-7-9-14/h5-9,12-13H,4,10-11H2,1-3H3/t12-,13+/m1/s1. The predicted octanol–water partition coefficient (Wildman–Crippen LogP) is 3.45. The average Bonchev–Trinajstić information content (AvgIpc) is 2.30. The van der Waals surface area contributed by atoms with E-state index in [1.165, 1.54) is 5.56 Å². The van der Waals surface area contributed by atoms with Crippen molar-refractivity contribution in [2.75, 3.05) is 6.61 Å². The van der Waals surface area contributed by atoms with Gasteiger partial charge in [0, 0.05) is 0 Å². The molecule has 1 aromatic rings. The van der Waals surface area contributed by atoms with Crippen LogP contribution in [0.3, 0.4) is 0 Å². The molecule has 0 aliphatic carbocycles. The van der Waals surface area contributed by atoms with Crippen molar-refractivity contribution in [3.8, 4) is 0 Å². The van der Waals surface area contributed by atoms with Gasteiger partial charge in [0.1, 0.15) is 0 Å². The van der Waals surface area contributed by atoms with Gasteiger partial charge in [-0.05, 0) is 31.2 Å². The van der Waals surface area contributed by atoms with E-state index in [0.29, 0.717) is 12.5 Å². The highest BCUT2D eigenvalue weighted by Crippen LogP contribution is 2.17. The summed E-state index contributed by atoms with van der Waals surface area (Å²) in [6, 6.07) is 10.4. The molecule has 1 aromatic carbocycles. The summed E-state index contributed by atoms with van der Waals surface area (Å²) >= 11 is 0. The number of carbonyl (C=O) groups excluding carboxylic acids is 1. The first-order valence-electron chi connectivity index (χ1n) is 6.34. The van der Waals surface area contributed by atoms with Crippen LogP contribution in [0.4, 0.5) is 0 Å². The number of hydrogen-bond donors (Lipinski definition) is 0. The van der Waals surface area contributed by atoms with E-state index >= 15 is 0 Å². The maximum atomic E-state index is 11.5. The molecule has 0 spiro atoms. The molecule has 0 aliphatic rings. The number of esters is 1. The molecule has 0 saturated carbocycles. The molecule has 0 N–H and O–H groups in total. The van der Waals surface area contributed by atoms with Gasteiger partial charge in [-0.3, -0.25) is 4.79 Å². The summed E-state index contributed by atoms with van der Waals surface area (Å²) < 4.78 is 5.02. The fraction of sp³-hybridized carbons (Fsp3) is 0.533. The maximum absolute atomic E-state index is 11.5. The lowest BCUT2D eigenvalue weighted by Crippen LogP contribution is -2.18. The summed E-state index contributed by atoms with van der Waals surface area (Å²) in [7, 11) is 0. The van der Waals surface area contributed by atoms with Gasteiger partial charge in [0.05, 0.1) is 12.5 Å². The third-order valence-corrected chi connectivity index (χ3v) is 2.87. The van der Waals surface area contributed by atoms with Gasteiger partial charge in [-0.2, -0.15) is 0 Å². The van der Waals surface area contributed by atoms with Crippen LogP contribution in [0, 0.1) is 11.8 Å². The Bertz CT molecular complexity index is 332. The summed E-state index contributed by atoms with van der Waals surface area (Å²) in [6.07, 6.45) is 1.90. The summed E-state index contributed by atoms with van der Waals surface area (Å²) in [5, 5.41) is 0. The lowest BCUT2D eigenvalue weighted by atomic mass is 9.92.